The molecule has 156 valence electrons. The molecular weight excluding hydrogens is 348 g/mol. The summed E-state index contributed by atoms with van der Waals surface area (Å²) >= 11 is 0. The van der Waals surface area contributed by atoms with Crippen molar-refractivity contribution in [2.75, 3.05) is 7.11 Å². The van der Waals surface area contributed by atoms with Crippen LogP contribution in [0.3, 0.4) is 0 Å². The number of carbonyl (C=O) groups excluding carboxylic acids is 1. The van der Waals surface area contributed by atoms with Crippen molar-refractivity contribution in [2.24, 2.45) is 34.5 Å². The standard InChI is InChI=1S/C25H38O3/c1-23-13-5-4-8-19(23)9-10-22-21(23)11-14-24(2)20(12-15-25(22,24)27)18(17-28-3)7-6-16-26/h6-7,16-17,19-22,27H,4-5,8-15H2,1-3H3/b7-6-,18-17+. The summed E-state index contributed by atoms with van der Waals surface area (Å²) in [5, 5.41) is 12.2. The molecule has 0 aromatic heterocycles. The lowest BCUT2D eigenvalue weighted by molar-refractivity contribution is -0.203. The van der Waals surface area contributed by atoms with Gasteiger partial charge in [0.25, 0.3) is 0 Å². The number of allylic oxidation sites excluding steroid dienone is 3. The van der Waals surface area contributed by atoms with Crippen LogP contribution in [0.4, 0.5) is 0 Å². The van der Waals surface area contributed by atoms with Gasteiger partial charge in [0.1, 0.15) is 6.29 Å². The summed E-state index contributed by atoms with van der Waals surface area (Å²) in [4.78, 5) is 10.9. The maximum atomic E-state index is 12.2. The maximum Gasteiger partial charge on any atom is 0.142 e. The maximum absolute atomic E-state index is 12.2. The highest BCUT2D eigenvalue weighted by Gasteiger charge is 2.67. The van der Waals surface area contributed by atoms with Crippen molar-refractivity contribution in [1.82, 2.24) is 0 Å². The first kappa shape index (κ1) is 20.2. The topological polar surface area (TPSA) is 46.5 Å². The zero-order valence-corrected chi connectivity index (χ0v) is 18.0. The Hall–Kier alpha value is -1.09. The van der Waals surface area contributed by atoms with E-state index < -0.39 is 5.60 Å². The van der Waals surface area contributed by atoms with Crippen LogP contribution in [0.1, 0.15) is 78.1 Å². The molecular formula is C25H38O3. The first-order chi connectivity index (χ1) is 13.4. The Kier molecular flexibility index (Phi) is 5.27. The number of methoxy groups -OCH3 is 1. The second-order valence-electron chi connectivity index (χ2n) is 10.6. The number of fused-ring (bicyclic) bond motifs is 5. The molecule has 7 atom stereocenters. The van der Waals surface area contributed by atoms with E-state index >= 15 is 0 Å². The molecule has 7 unspecified atom stereocenters. The van der Waals surface area contributed by atoms with E-state index in [1.54, 1.807) is 19.4 Å². The minimum atomic E-state index is -0.589. The Morgan fingerprint density at radius 2 is 1.82 bits per heavy atom. The molecule has 3 heteroatoms. The van der Waals surface area contributed by atoms with Crippen LogP contribution in [-0.2, 0) is 9.53 Å². The molecule has 0 saturated heterocycles. The normalized spacial score (nSPS) is 48.6. The third-order valence-electron chi connectivity index (χ3n) is 9.79. The van der Waals surface area contributed by atoms with Gasteiger partial charge in [-0.05, 0) is 92.1 Å². The van der Waals surface area contributed by atoms with E-state index in [4.69, 9.17) is 4.74 Å². The molecule has 4 aliphatic rings. The Morgan fingerprint density at radius 1 is 1.00 bits per heavy atom. The summed E-state index contributed by atoms with van der Waals surface area (Å²) in [6.07, 6.45) is 18.3. The minimum Gasteiger partial charge on any atom is -0.504 e. The molecule has 0 bridgehead atoms. The van der Waals surface area contributed by atoms with Crippen LogP contribution in [0.5, 0.6) is 0 Å². The second kappa shape index (κ2) is 7.31. The van der Waals surface area contributed by atoms with E-state index in [0.717, 1.165) is 37.0 Å². The fraction of sp³-hybridized carbons (Fsp3) is 0.800. The number of ether oxygens (including phenoxy) is 1. The highest BCUT2D eigenvalue weighted by atomic mass is 16.5. The molecule has 4 aliphatic carbocycles. The van der Waals surface area contributed by atoms with E-state index in [1.165, 1.54) is 44.9 Å². The van der Waals surface area contributed by atoms with Crippen molar-refractivity contribution >= 4 is 6.29 Å². The summed E-state index contributed by atoms with van der Waals surface area (Å²) in [6, 6.07) is 0. The van der Waals surface area contributed by atoms with E-state index in [-0.39, 0.29) is 11.3 Å². The zero-order valence-electron chi connectivity index (χ0n) is 18.0. The van der Waals surface area contributed by atoms with Gasteiger partial charge in [-0.15, -0.1) is 0 Å². The van der Waals surface area contributed by atoms with E-state index in [1.807, 2.05) is 6.08 Å². The quantitative estimate of drug-likeness (QED) is 0.303. The summed E-state index contributed by atoms with van der Waals surface area (Å²) in [7, 11) is 1.67. The Balaban J connectivity index is 1.67. The molecule has 0 heterocycles. The van der Waals surface area contributed by atoms with Gasteiger partial charge < -0.3 is 9.84 Å². The highest BCUT2D eigenvalue weighted by molar-refractivity contribution is 5.66. The molecule has 1 N–H and O–H groups in total. The summed E-state index contributed by atoms with van der Waals surface area (Å²) in [5.74, 6) is 2.22. The molecule has 0 aromatic carbocycles. The van der Waals surface area contributed by atoms with Crippen molar-refractivity contribution in [3.8, 4) is 0 Å². The van der Waals surface area contributed by atoms with Crippen LogP contribution in [0, 0.1) is 34.5 Å². The van der Waals surface area contributed by atoms with Gasteiger partial charge in [0.15, 0.2) is 0 Å². The first-order valence-electron chi connectivity index (χ1n) is 11.5. The molecule has 0 amide bonds. The molecule has 3 nitrogen and oxygen atoms in total. The van der Waals surface area contributed by atoms with Gasteiger partial charge >= 0.3 is 0 Å². The second-order valence-corrected chi connectivity index (χ2v) is 10.6. The summed E-state index contributed by atoms with van der Waals surface area (Å²) in [5.41, 5.74) is 0.764. The van der Waals surface area contributed by atoms with E-state index in [0.29, 0.717) is 17.3 Å². The average molecular weight is 387 g/mol. The Labute approximate surface area is 170 Å². The van der Waals surface area contributed by atoms with Gasteiger partial charge in [0.05, 0.1) is 19.0 Å². The van der Waals surface area contributed by atoms with Crippen LogP contribution in [-0.4, -0.2) is 24.1 Å². The van der Waals surface area contributed by atoms with Crippen molar-refractivity contribution in [3.05, 3.63) is 24.0 Å². The number of carbonyl (C=O) groups is 1. The van der Waals surface area contributed by atoms with Gasteiger partial charge in [-0.1, -0.05) is 32.8 Å². The predicted molar refractivity (Wildman–Crippen MR) is 112 cm³/mol. The van der Waals surface area contributed by atoms with Gasteiger partial charge in [-0.2, -0.15) is 0 Å². The Morgan fingerprint density at radius 3 is 2.57 bits per heavy atom. The highest BCUT2D eigenvalue weighted by Crippen LogP contribution is 2.69. The summed E-state index contributed by atoms with van der Waals surface area (Å²) in [6.45, 7) is 4.86. The largest absolute Gasteiger partial charge is 0.504 e. The lowest BCUT2D eigenvalue weighted by atomic mass is 9.43. The van der Waals surface area contributed by atoms with Gasteiger partial charge in [-0.3, -0.25) is 4.79 Å². The third kappa shape index (κ3) is 2.75. The van der Waals surface area contributed by atoms with Crippen molar-refractivity contribution in [2.45, 2.75) is 83.7 Å². The number of aliphatic hydroxyl groups is 1. The van der Waals surface area contributed by atoms with Crippen LogP contribution in [0.15, 0.2) is 24.0 Å². The predicted octanol–water partition coefficient (Wildman–Crippen LogP) is 5.44. The third-order valence-corrected chi connectivity index (χ3v) is 9.79. The fourth-order valence-corrected chi connectivity index (χ4v) is 8.32. The monoisotopic (exact) mass is 386 g/mol. The first-order valence-corrected chi connectivity index (χ1v) is 11.5. The molecule has 0 radical (unpaired) electrons. The van der Waals surface area contributed by atoms with Crippen LogP contribution >= 0.6 is 0 Å². The number of aldehydes is 1. The molecule has 4 fully saturated rings. The molecule has 0 aliphatic heterocycles. The zero-order chi connectivity index (χ0) is 20.0. The van der Waals surface area contributed by atoms with Crippen molar-refractivity contribution < 1.29 is 14.6 Å². The summed E-state index contributed by atoms with van der Waals surface area (Å²) < 4.78 is 5.35. The van der Waals surface area contributed by atoms with Gasteiger partial charge in [0.2, 0.25) is 0 Å². The minimum absolute atomic E-state index is 0.135. The molecule has 4 saturated carbocycles. The molecule has 4 rings (SSSR count). The van der Waals surface area contributed by atoms with Crippen molar-refractivity contribution in [1.29, 1.82) is 0 Å². The van der Waals surface area contributed by atoms with Crippen LogP contribution in [0.25, 0.3) is 0 Å². The lowest BCUT2D eigenvalue weighted by Gasteiger charge is -2.63. The van der Waals surface area contributed by atoms with Gasteiger partial charge in [-0.25, -0.2) is 0 Å². The van der Waals surface area contributed by atoms with E-state index in [9.17, 15) is 9.90 Å². The average Bonchev–Trinajstić information content (AvgIpc) is 2.96. The Bertz CT molecular complexity index is 667. The van der Waals surface area contributed by atoms with Crippen molar-refractivity contribution in [3.63, 3.8) is 0 Å². The molecule has 28 heavy (non-hydrogen) atoms. The fourth-order valence-electron chi connectivity index (χ4n) is 8.32. The smallest absolute Gasteiger partial charge is 0.142 e. The number of hydrogen-bond donors (Lipinski definition) is 1. The number of rotatable bonds is 4. The van der Waals surface area contributed by atoms with E-state index in [2.05, 4.69) is 13.8 Å². The SMILES string of the molecule is CO/C=C(\C=C/C=O)C1CCC2(O)C3CCC4CCCCC4(C)C3CCC12C. The van der Waals surface area contributed by atoms with Crippen LogP contribution in [0.2, 0.25) is 0 Å². The number of hydrogen-bond acceptors (Lipinski definition) is 3. The van der Waals surface area contributed by atoms with Gasteiger partial charge in [0, 0.05) is 5.41 Å². The molecule has 0 aromatic rings. The molecule has 0 spiro atoms. The van der Waals surface area contributed by atoms with Crippen LogP contribution < -0.4 is 0 Å². The lowest BCUT2D eigenvalue weighted by Crippen LogP contribution is -2.61.